The Hall–Kier alpha value is -0.730. The minimum Gasteiger partial charge on any atom is -0.508 e. The molecule has 3 heteroatoms. The summed E-state index contributed by atoms with van der Waals surface area (Å²) in [7, 11) is 0. The zero-order chi connectivity index (χ0) is 7.68. The lowest BCUT2D eigenvalue weighted by molar-refractivity contribution is 0.459. The molecule has 0 bridgehead atoms. The normalized spacial score (nSPS) is 14.7. The zero-order valence-corrected chi connectivity index (χ0v) is 7.53. The fraction of sp³-hybridized carbons (Fsp3) is 0.333. The Kier molecular flexibility index (Phi) is 2.95. The average Bonchev–Trinajstić information content (AvgIpc) is 2.06. The lowest BCUT2D eigenvalue weighted by Crippen LogP contribution is -2.23. The van der Waals surface area contributed by atoms with Gasteiger partial charge in [-0.05, 0) is 24.6 Å². The van der Waals surface area contributed by atoms with Gasteiger partial charge in [-0.1, -0.05) is 12.1 Å². The van der Waals surface area contributed by atoms with Crippen molar-refractivity contribution in [3.05, 3.63) is 29.3 Å². The number of halogens is 1. The Morgan fingerprint density at radius 1 is 1.33 bits per heavy atom. The van der Waals surface area contributed by atoms with Gasteiger partial charge in [-0.15, -0.1) is 12.4 Å². The fourth-order valence-electron chi connectivity index (χ4n) is 1.50. The molecule has 0 radical (unpaired) electrons. The monoisotopic (exact) mass is 185 g/mol. The highest BCUT2D eigenvalue weighted by atomic mass is 35.5. The zero-order valence-electron chi connectivity index (χ0n) is 6.71. The molecule has 0 spiro atoms. The Balaban J connectivity index is 0.000000720. The van der Waals surface area contributed by atoms with E-state index in [1.54, 1.807) is 6.07 Å². The molecule has 1 aromatic carbocycles. The number of fused-ring (bicyclic) bond motifs is 1. The van der Waals surface area contributed by atoms with Crippen LogP contribution >= 0.6 is 12.4 Å². The number of phenols is 1. The van der Waals surface area contributed by atoms with Gasteiger partial charge in [0.2, 0.25) is 0 Å². The molecule has 66 valence electrons. The third-order valence-electron chi connectivity index (χ3n) is 2.12. The van der Waals surface area contributed by atoms with E-state index >= 15 is 0 Å². The number of rotatable bonds is 0. The first kappa shape index (κ1) is 9.36. The largest absolute Gasteiger partial charge is 0.508 e. The van der Waals surface area contributed by atoms with Crippen LogP contribution in [0.3, 0.4) is 0 Å². The molecular weight excluding hydrogens is 174 g/mol. The molecule has 12 heavy (non-hydrogen) atoms. The summed E-state index contributed by atoms with van der Waals surface area (Å²) in [6.45, 7) is 1.83. The van der Waals surface area contributed by atoms with E-state index in [1.165, 1.54) is 5.56 Å². The van der Waals surface area contributed by atoms with E-state index in [1.807, 2.05) is 6.07 Å². The maximum absolute atomic E-state index is 9.42. The second-order valence-electron chi connectivity index (χ2n) is 2.84. The van der Waals surface area contributed by atoms with Crippen LogP contribution in [0, 0.1) is 0 Å². The quantitative estimate of drug-likeness (QED) is 0.642. The first-order chi connectivity index (χ1) is 5.38. The maximum Gasteiger partial charge on any atom is 0.120 e. The van der Waals surface area contributed by atoms with Crippen LogP contribution < -0.4 is 5.32 Å². The molecule has 0 fully saturated rings. The molecule has 0 saturated heterocycles. The van der Waals surface area contributed by atoms with Crippen molar-refractivity contribution in [3.63, 3.8) is 0 Å². The average molecular weight is 186 g/mol. The highest BCUT2D eigenvalue weighted by molar-refractivity contribution is 5.85. The van der Waals surface area contributed by atoms with Gasteiger partial charge in [0.25, 0.3) is 0 Å². The molecule has 0 aromatic heterocycles. The van der Waals surface area contributed by atoms with Gasteiger partial charge in [-0.25, -0.2) is 0 Å². The Morgan fingerprint density at radius 2 is 2.17 bits per heavy atom. The summed E-state index contributed by atoms with van der Waals surface area (Å²) in [5.41, 5.74) is 2.35. The third kappa shape index (κ3) is 1.54. The van der Waals surface area contributed by atoms with Gasteiger partial charge in [0.1, 0.15) is 5.75 Å². The van der Waals surface area contributed by atoms with Gasteiger partial charge < -0.3 is 10.4 Å². The van der Waals surface area contributed by atoms with Gasteiger partial charge in [0.15, 0.2) is 0 Å². The van der Waals surface area contributed by atoms with Crippen molar-refractivity contribution in [1.82, 2.24) is 5.32 Å². The highest BCUT2D eigenvalue weighted by Gasteiger charge is 2.10. The number of hydrogen-bond donors (Lipinski definition) is 2. The SMILES string of the molecule is Cl.Oc1cccc2c1CNCC2. The number of hydrogen-bond acceptors (Lipinski definition) is 2. The van der Waals surface area contributed by atoms with Crippen LogP contribution in [0.2, 0.25) is 0 Å². The summed E-state index contributed by atoms with van der Waals surface area (Å²) in [5, 5.41) is 12.6. The van der Waals surface area contributed by atoms with E-state index in [4.69, 9.17) is 0 Å². The number of aromatic hydroxyl groups is 1. The van der Waals surface area contributed by atoms with Crippen LogP contribution in [0.25, 0.3) is 0 Å². The predicted octanol–water partition coefficient (Wildman–Crippen LogP) is 1.46. The Bertz CT molecular complexity index is 275. The summed E-state index contributed by atoms with van der Waals surface area (Å²) < 4.78 is 0. The Morgan fingerprint density at radius 3 is 2.92 bits per heavy atom. The second kappa shape index (κ2) is 3.78. The highest BCUT2D eigenvalue weighted by Crippen LogP contribution is 2.22. The molecule has 0 atom stereocenters. The molecule has 1 aliphatic heterocycles. The van der Waals surface area contributed by atoms with Crippen molar-refractivity contribution in [1.29, 1.82) is 0 Å². The van der Waals surface area contributed by atoms with Crippen molar-refractivity contribution < 1.29 is 5.11 Å². The minimum atomic E-state index is 0. The van der Waals surface area contributed by atoms with Crippen LogP contribution in [0.5, 0.6) is 5.75 Å². The van der Waals surface area contributed by atoms with Crippen LogP contribution in [0.4, 0.5) is 0 Å². The Labute approximate surface area is 78.0 Å². The number of phenolic OH excluding ortho intramolecular Hbond substituents is 1. The molecule has 1 heterocycles. The molecule has 2 nitrogen and oxygen atoms in total. The topological polar surface area (TPSA) is 32.3 Å². The maximum atomic E-state index is 9.42. The van der Waals surface area contributed by atoms with Crippen molar-refractivity contribution in [3.8, 4) is 5.75 Å². The van der Waals surface area contributed by atoms with Gasteiger partial charge in [-0.3, -0.25) is 0 Å². The van der Waals surface area contributed by atoms with Crippen molar-refractivity contribution in [2.75, 3.05) is 6.54 Å². The van der Waals surface area contributed by atoms with Crippen molar-refractivity contribution in [2.24, 2.45) is 0 Å². The summed E-state index contributed by atoms with van der Waals surface area (Å²) in [6, 6.07) is 5.72. The summed E-state index contributed by atoms with van der Waals surface area (Å²) >= 11 is 0. The van der Waals surface area contributed by atoms with Gasteiger partial charge in [0.05, 0.1) is 0 Å². The molecule has 0 aliphatic carbocycles. The summed E-state index contributed by atoms with van der Waals surface area (Å²) in [5.74, 6) is 0.426. The molecule has 1 aromatic rings. The van der Waals surface area contributed by atoms with E-state index in [-0.39, 0.29) is 12.4 Å². The molecule has 0 unspecified atom stereocenters. The first-order valence-corrected chi connectivity index (χ1v) is 3.88. The first-order valence-electron chi connectivity index (χ1n) is 3.88. The lowest BCUT2D eigenvalue weighted by Gasteiger charge is -2.17. The molecule has 0 saturated carbocycles. The second-order valence-corrected chi connectivity index (χ2v) is 2.84. The van der Waals surface area contributed by atoms with Crippen LogP contribution in [-0.4, -0.2) is 11.7 Å². The van der Waals surface area contributed by atoms with Crippen LogP contribution in [0.1, 0.15) is 11.1 Å². The van der Waals surface area contributed by atoms with E-state index in [2.05, 4.69) is 11.4 Å². The summed E-state index contributed by atoms with van der Waals surface area (Å²) in [6.07, 6.45) is 1.03. The predicted molar refractivity (Wildman–Crippen MR) is 50.8 cm³/mol. The molecule has 1 aliphatic rings. The fourth-order valence-corrected chi connectivity index (χ4v) is 1.50. The van der Waals surface area contributed by atoms with Crippen LogP contribution in [-0.2, 0) is 13.0 Å². The van der Waals surface area contributed by atoms with E-state index in [0.717, 1.165) is 25.1 Å². The van der Waals surface area contributed by atoms with E-state index in [9.17, 15) is 5.11 Å². The van der Waals surface area contributed by atoms with Crippen molar-refractivity contribution >= 4 is 12.4 Å². The standard InChI is InChI=1S/C9H11NO.ClH/c11-9-3-1-2-7-4-5-10-6-8(7)9;/h1-3,10-11H,4-6H2;1H. The molecule has 2 rings (SSSR count). The van der Waals surface area contributed by atoms with Crippen LogP contribution in [0.15, 0.2) is 18.2 Å². The van der Waals surface area contributed by atoms with Crippen molar-refractivity contribution in [2.45, 2.75) is 13.0 Å². The number of benzene rings is 1. The van der Waals surface area contributed by atoms with Gasteiger partial charge in [0, 0.05) is 12.1 Å². The molecule has 0 amide bonds. The molecule has 2 N–H and O–H groups in total. The van der Waals surface area contributed by atoms with Gasteiger partial charge >= 0.3 is 0 Å². The smallest absolute Gasteiger partial charge is 0.120 e. The lowest BCUT2D eigenvalue weighted by atomic mass is 10.0. The van der Waals surface area contributed by atoms with E-state index in [0.29, 0.717) is 5.75 Å². The summed E-state index contributed by atoms with van der Waals surface area (Å²) in [4.78, 5) is 0. The minimum absolute atomic E-state index is 0. The van der Waals surface area contributed by atoms with E-state index < -0.39 is 0 Å². The van der Waals surface area contributed by atoms with Gasteiger partial charge in [-0.2, -0.15) is 0 Å². The third-order valence-corrected chi connectivity index (χ3v) is 2.12. The molecular formula is C9H12ClNO. The number of nitrogens with one attached hydrogen (secondary N) is 1.